The summed E-state index contributed by atoms with van der Waals surface area (Å²) in [4.78, 5) is 13.1. The lowest BCUT2D eigenvalue weighted by Gasteiger charge is -2.46. The second-order valence-corrected chi connectivity index (χ2v) is 18.3. The molecule has 2 rings (SSSR count). The Kier molecular flexibility index (Phi) is 35.8. The lowest BCUT2D eigenvalue weighted by Crippen LogP contribution is -2.65. The number of hydrogen-bond donors (Lipinski definition) is 9. The smallest absolute Gasteiger partial charge is 0.220 e. The number of rotatable bonds is 39. The molecule has 0 aromatic heterocycles. The van der Waals surface area contributed by atoms with Crippen LogP contribution in [0.3, 0.4) is 0 Å². The van der Waals surface area contributed by atoms with Gasteiger partial charge in [-0.05, 0) is 57.8 Å². The predicted octanol–water partition coefficient (Wildman–Crippen LogP) is 7.05. The van der Waals surface area contributed by atoms with Crippen LogP contribution in [0.4, 0.5) is 0 Å². The average molecular weight is 952 g/mol. The van der Waals surface area contributed by atoms with Crippen LogP contribution < -0.4 is 5.32 Å². The van der Waals surface area contributed by atoms with Gasteiger partial charge in [-0.25, -0.2) is 0 Å². The van der Waals surface area contributed by atoms with Crippen molar-refractivity contribution >= 4 is 5.91 Å². The van der Waals surface area contributed by atoms with E-state index in [2.05, 4.69) is 67.8 Å². The van der Waals surface area contributed by atoms with E-state index in [0.717, 1.165) is 77.0 Å². The van der Waals surface area contributed by atoms with Crippen molar-refractivity contribution in [2.75, 3.05) is 19.8 Å². The quantitative estimate of drug-likeness (QED) is 0.0223. The van der Waals surface area contributed by atoms with E-state index in [9.17, 15) is 45.6 Å². The second kappa shape index (κ2) is 39.4. The summed E-state index contributed by atoms with van der Waals surface area (Å²) in [7, 11) is 0. The van der Waals surface area contributed by atoms with Crippen LogP contribution in [-0.4, -0.2) is 140 Å². The van der Waals surface area contributed by atoms with Crippen LogP contribution in [0.1, 0.15) is 174 Å². The fourth-order valence-electron chi connectivity index (χ4n) is 8.22. The Morgan fingerprint density at radius 1 is 0.552 bits per heavy atom. The Balaban J connectivity index is 1.65. The van der Waals surface area contributed by atoms with Gasteiger partial charge in [0, 0.05) is 6.42 Å². The third-order valence-corrected chi connectivity index (χ3v) is 12.5. The van der Waals surface area contributed by atoms with Crippen LogP contribution in [0.5, 0.6) is 0 Å². The van der Waals surface area contributed by atoms with Gasteiger partial charge in [-0.15, -0.1) is 0 Å². The van der Waals surface area contributed by atoms with Gasteiger partial charge in [0.15, 0.2) is 12.6 Å². The number of ether oxygens (including phenoxy) is 4. The fourth-order valence-corrected chi connectivity index (χ4v) is 8.22. The van der Waals surface area contributed by atoms with Crippen molar-refractivity contribution in [1.82, 2.24) is 5.32 Å². The molecule has 12 unspecified atom stereocenters. The Hall–Kier alpha value is -2.31. The maximum Gasteiger partial charge on any atom is 0.220 e. The minimum Gasteiger partial charge on any atom is -0.394 e. The summed E-state index contributed by atoms with van der Waals surface area (Å²) >= 11 is 0. The largest absolute Gasteiger partial charge is 0.394 e. The summed E-state index contributed by atoms with van der Waals surface area (Å²) in [5, 5.41) is 86.3. The van der Waals surface area contributed by atoms with E-state index < -0.39 is 86.8 Å². The molecule has 14 nitrogen and oxygen atoms in total. The molecule has 0 spiro atoms. The molecule has 12 atom stereocenters. The second-order valence-electron chi connectivity index (χ2n) is 18.3. The van der Waals surface area contributed by atoms with Crippen LogP contribution >= 0.6 is 0 Å². The molecule has 1 amide bonds. The van der Waals surface area contributed by atoms with E-state index in [4.69, 9.17) is 18.9 Å². The molecule has 14 heteroatoms. The Labute approximate surface area is 403 Å². The fraction of sp³-hybridized carbons (Fsp3) is 0.792. The Morgan fingerprint density at radius 2 is 1.03 bits per heavy atom. The lowest BCUT2D eigenvalue weighted by molar-refractivity contribution is -0.359. The highest BCUT2D eigenvalue weighted by Gasteiger charge is 2.51. The minimum atomic E-state index is -1.79. The van der Waals surface area contributed by atoms with Gasteiger partial charge >= 0.3 is 0 Å². The van der Waals surface area contributed by atoms with Crippen molar-refractivity contribution in [3.8, 4) is 0 Å². The Morgan fingerprint density at radius 3 is 1.58 bits per heavy atom. The zero-order chi connectivity index (χ0) is 48.9. The van der Waals surface area contributed by atoms with Crippen molar-refractivity contribution in [3.63, 3.8) is 0 Å². The first-order chi connectivity index (χ1) is 32.6. The van der Waals surface area contributed by atoms with Crippen LogP contribution in [0.25, 0.3) is 0 Å². The highest BCUT2D eigenvalue weighted by atomic mass is 16.7. The summed E-state index contributed by atoms with van der Waals surface area (Å²) in [5.41, 5.74) is 0. The number of aliphatic hydroxyl groups excluding tert-OH is 8. The molecule has 0 saturated carbocycles. The van der Waals surface area contributed by atoms with Gasteiger partial charge < -0.3 is 65.1 Å². The third kappa shape index (κ3) is 26.5. The Bertz CT molecular complexity index is 1360. The summed E-state index contributed by atoms with van der Waals surface area (Å²) in [6, 6.07) is -0.912. The number of hydrogen-bond acceptors (Lipinski definition) is 13. The molecule has 2 aliphatic rings. The van der Waals surface area contributed by atoms with Crippen LogP contribution in [0.2, 0.25) is 0 Å². The summed E-state index contributed by atoms with van der Waals surface area (Å²) in [6.45, 7) is 2.57. The molecule has 0 bridgehead atoms. The normalized spacial score (nSPS) is 27.1. The number of aliphatic hydroxyl groups is 8. The number of allylic oxidation sites excluding steroid dienone is 9. The van der Waals surface area contributed by atoms with E-state index in [1.54, 1.807) is 6.08 Å². The molecular weight excluding hydrogens is 859 g/mol. The van der Waals surface area contributed by atoms with Crippen molar-refractivity contribution in [2.24, 2.45) is 0 Å². The number of nitrogens with one attached hydrogen (secondary N) is 1. The summed E-state index contributed by atoms with van der Waals surface area (Å²) in [6.07, 6.45) is 31.8. The first kappa shape index (κ1) is 60.8. The molecule has 0 radical (unpaired) electrons. The molecule has 2 saturated heterocycles. The molecule has 0 aliphatic carbocycles. The lowest BCUT2D eigenvalue weighted by atomic mass is 9.97. The molecule has 0 aromatic carbocycles. The standard InChI is InChI=1S/C53H93NO13/c1-3-5-7-9-11-12-13-14-15-16-17-18-19-20-21-22-23-24-25-26-27-28-29-30-31-33-35-37-45(58)54-41(42(57)36-34-32-10-8-6-4-2)40-64-52-50(63)48(61)51(44(39-56)66-52)67-53-49(62)47(60)46(59)43(38-55)65-53/h5,7,11-12,14-15,17-18,34,36,41-44,46-53,55-57,59-63H,3-4,6,8-10,13,16,19-33,35,37-40H2,1-2H3,(H,54,58)/b7-5-,12-11-,15-14-,18-17-,36-34+. The van der Waals surface area contributed by atoms with Crippen LogP contribution in [0.15, 0.2) is 60.8 Å². The van der Waals surface area contributed by atoms with E-state index in [-0.39, 0.29) is 18.9 Å². The number of carbonyl (C=O) groups excluding carboxylic acids is 1. The van der Waals surface area contributed by atoms with E-state index in [1.165, 1.54) is 70.6 Å². The zero-order valence-corrected chi connectivity index (χ0v) is 41.1. The van der Waals surface area contributed by atoms with Gasteiger partial charge in [-0.1, -0.05) is 171 Å². The molecule has 2 heterocycles. The SMILES string of the molecule is CC/C=C\C/C=C\C/C=C\C/C=C\CCCCCCCCCCCCCCCCC(=O)NC(COC1OC(CO)C(OC2OC(CO)C(O)C(O)C2O)C(O)C1O)C(O)/C=C/CCCCCC. The maximum absolute atomic E-state index is 13.1. The molecule has 9 N–H and O–H groups in total. The number of carbonyl (C=O) groups is 1. The first-order valence-corrected chi connectivity index (χ1v) is 26.0. The molecule has 2 aliphatic heterocycles. The van der Waals surface area contributed by atoms with E-state index in [1.807, 2.05) is 6.08 Å². The van der Waals surface area contributed by atoms with Crippen molar-refractivity contribution in [3.05, 3.63) is 60.8 Å². The number of amides is 1. The highest BCUT2D eigenvalue weighted by Crippen LogP contribution is 2.30. The minimum absolute atomic E-state index is 0.249. The van der Waals surface area contributed by atoms with Crippen LogP contribution in [-0.2, 0) is 23.7 Å². The van der Waals surface area contributed by atoms with Gasteiger partial charge in [-0.2, -0.15) is 0 Å². The van der Waals surface area contributed by atoms with Crippen molar-refractivity contribution in [2.45, 2.75) is 248 Å². The van der Waals surface area contributed by atoms with E-state index in [0.29, 0.717) is 6.42 Å². The van der Waals surface area contributed by atoms with Gasteiger partial charge in [-0.3, -0.25) is 4.79 Å². The topological polar surface area (TPSA) is 228 Å². The average Bonchev–Trinajstić information content (AvgIpc) is 3.32. The zero-order valence-electron chi connectivity index (χ0n) is 41.1. The van der Waals surface area contributed by atoms with Gasteiger partial charge in [0.25, 0.3) is 0 Å². The van der Waals surface area contributed by atoms with Gasteiger partial charge in [0.2, 0.25) is 5.91 Å². The molecule has 67 heavy (non-hydrogen) atoms. The van der Waals surface area contributed by atoms with E-state index >= 15 is 0 Å². The van der Waals surface area contributed by atoms with Crippen molar-refractivity contribution in [1.29, 1.82) is 0 Å². The maximum atomic E-state index is 13.1. The van der Waals surface area contributed by atoms with Gasteiger partial charge in [0.05, 0.1) is 32.0 Å². The number of unbranched alkanes of at least 4 members (excludes halogenated alkanes) is 18. The van der Waals surface area contributed by atoms with Crippen LogP contribution in [0, 0.1) is 0 Å². The molecule has 0 aromatic rings. The molecular formula is C53H93NO13. The molecule has 2 fully saturated rings. The highest BCUT2D eigenvalue weighted by molar-refractivity contribution is 5.76. The summed E-state index contributed by atoms with van der Waals surface area (Å²) < 4.78 is 22.6. The van der Waals surface area contributed by atoms with Gasteiger partial charge in [0.1, 0.15) is 48.8 Å². The monoisotopic (exact) mass is 952 g/mol. The predicted molar refractivity (Wildman–Crippen MR) is 263 cm³/mol. The summed E-state index contributed by atoms with van der Waals surface area (Å²) in [5.74, 6) is -0.249. The van der Waals surface area contributed by atoms with Crippen molar-refractivity contribution < 1.29 is 64.6 Å². The molecule has 388 valence electrons. The third-order valence-electron chi connectivity index (χ3n) is 12.5. The first-order valence-electron chi connectivity index (χ1n) is 26.0.